The lowest BCUT2D eigenvalue weighted by atomic mass is 10.1. The Hall–Kier alpha value is -1.04. The number of hydrogen-bond donors (Lipinski definition) is 1. The Bertz CT molecular complexity index is 449. The van der Waals surface area contributed by atoms with Crippen LogP contribution in [0.25, 0.3) is 0 Å². The normalized spacial score (nSPS) is 15.7. The molecule has 0 bridgehead atoms. The number of unbranched alkanes of at least 4 members (excludes halogenated alkanes) is 1. The van der Waals surface area contributed by atoms with Crippen LogP contribution < -0.4 is 5.32 Å². The maximum Gasteiger partial charge on any atom is 0.389 e. The number of nitrogens with one attached hydrogen (secondary N) is 1. The van der Waals surface area contributed by atoms with Gasteiger partial charge < -0.3 is 9.88 Å². The van der Waals surface area contributed by atoms with Gasteiger partial charge >= 0.3 is 6.18 Å². The molecule has 0 amide bonds. The Morgan fingerprint density at radius 1 is 1.30 bits per heavy atom. The number of nitrogens with zero attached hydrogens (tertiary/aromatic N) is 2. The third-order valence-corrected chi connectivity index (χ3v) is 3.62. The van der Waals surface area contributed by atoms with Gasteiger partial charge in [0.2, 0.25) is 0 Å². The zero-order valence-corrected chi connectivity index (χ0v) is 12.1. The van der Waals surface area contributed by atoms with Crippen molar-refractivity contribution in [3.8, 4) is 0 Å². The molecule has 0 unspecified atom stereocenters. The number of fused-ring (bicyclic) bond motifs is 1. The first-order valence-electron chi connectivity index (χ1n) is 7.24. The molecule has 0 aliphatic carbocycles. The highest BCUT2D eigenvalue weighted by molar-refractivity contribution is 5.21. The smallest absolute Gasteiger partial charge is 0.331 e. The topological polar surface area (TPSA) is 29.9 Å². The van der Waals surface area contributed by atoms with Gasteiger partial charge in [-0.2, -0.15) is 13.2 Å². The van der Waals surface area contributed by atoms with E-state index in [1.807, 2.05) is 0 Å². The molecule has 0 atom stereocenters. The van der Waals surface area contributed by atoms with Crippen molar-refractivity contribution < 1.29 is 13.2 Å². The van der Waals surface area contributed by atoms with Crippen LogP contribution in [0.2, 0.25) is 0 Å². The van der Waals surface area contributed by atoms with Crippen molar-refractivity contribution in [1.82, 2.24) is 14.9 Å². The minimum Gasteiger partial charge on any atom is -0.331 e. The number of imidazole rings is 1. The van der Waals surface area contributed by atoms with Crippen LogP contribution in [0.4, 0.5) is 13.2 Å². The van der Waals surface area contributed by atoms with Crippen molar-refractivity contribution in [3.63, 3.8) is 0 Å². The summed E-state index contributed by atoms with van der Waals surface area (Å²) >= 11 is 0. The molecule has 0 aromatic carbocycles. The minimum absolute atomic E-state index is 0.187. The number of aromatic nitrogens is 2. The molecular weight excluding hydrogens is 267 g/mol. The maximum absolute atomic E-state index is 12.2. The quantitative estimate of drug-likeness (QED) is 0.842. The van der Waals surface area contributed by atoms with Gasteiger partial charge in [-0.05, 0) is 12.8 Å². The molecule has 3 nitrogen and oxygen atoms in total. The second-order valence-corrected chi connectivity index (χ2v) is 5.67. The van der Waals surface area contributed by atoms with Crippen molar-refractivity contribution in [2.75, 3.05) is 6.54 Å². The van der Waals surface area contributed by atoms with Gasteiger partial charge in [0.15, 0.2) is 0 Å². The lowest BCUT2D eigenvalue weighted by molar-refractivity contribution is -0.135. The molecule has 2 rings (SSSR count). The molecule has 6 heteroatoms. The molecule has 1 aliphatic heterocycles. The van der Waals surface area contributed by atoms with Crippen molar-refractivity contribution in [2.24, 2.45) is 0 Å². The molecule has 1 aliphatic rings. The van der Waals surface area contributed by atoms with E-state index >= 15 is 0 Å². The third-order valence-electron chi connectivity index (χ3n) is 3.62. The highest BCUT2D eigenvalue weighted by atomic mass is 19.4. The van der Waals surface area contributed by atoms with Gasteiger partial charge in [-0.15, -0.1) is 0 Å². The first-order chi connectivity index (χ1) is 9.38. The summed E-state index contributed by atoms with van der Waals surface area (Å²) in [7, 11) is 0. The Labute approximate surface area is 117 Å². The van der Waals surface area contributed by atoms with Crippen LogP contribution in [-0.4, -0.2) is 22.3 Å². The summed E-state index contributed by atoms with van der Waals surface area (Å²) in [6.45, 7) is 6.48. The molecule has 0 fully saturated rings. The van der Waals surface area contributed by atoms with Crippen LogP contribution in [0.1, 0.15) is 56.2 Å². The van der Waals surface area contributed by atoms with E-state index in [1.54, 1.807) is 0 Å². The zero-order chi connectivity index (χ0) is 14.8. The van der Waals surface area contributed by atoms with E-state index in [0.717, 1.165) is 31.0 Å². The molecule has 1 aromatic heterocycles. The van der Waals surface area contributed by atoms with E-state index in [4.69, 9.17) is 0 Å². The number of hydrogen-bond acceptors (Lipinski definition) is 2. The molecule has 0 saturated heterocycles. The zero-order valence-electron chi connectivity index (χ0n) is 12.1. The second-order valence-electron chi connectivity index (χ2n) is 5.67. The largest absolute Gasteiger partial charge is 0.389 e. The molecule has 0 radical (unpaired) electrons. The van der Waals surface area contributed by atoms with Crippen molar-refractivity contribution in [3.05, 3.63) is 17.2 Å². The number of rotatable bonds is 5. The first kappa shape index (κ1) is 15.4. The summed E-state index contributed by atoms with van der Waals surface area (Å²) < 4.78 is 38.7. The summed E-state index contributed by atoms with van der Waals surface area (Å²) in [5.41, 5.74) is 2.27. The minimum atomic E-state index is -4.04. The Balaban J connectivity index is 2.04. The Morgan fingerprint density at radius 3 is 2.70 bits per heavy atom. The highest BCUT2D eigenvalue weighted by Crippen LogP contribution is 2.25. The van der Waals surface area contributed by atoms with Crippen molar-refractivity contribution >= 4 is 0 Å². The standard InChI is InChI=1S/C14H22F3N3/c1-10(2)13-19-11-9-18-7-5-12(11)20(13)8-4-3-6-14(15,16)17/h10,18H,3-9H2,1-2H3. The Morgan fingerprint density at radius 2 is 2.05 bits per heavy atom. The van der Waals surface area contributed by atoms with E-state index in [-0.39, 0.29) is 6.42 Å². The fourth-order valence-corrected chi connectivity index (χ4v) is 2.68. The van der Waals surface area contributed by atoms with Crippen LogP contribution in [0.5, 0.6) is 0 Å². The van der Waals surface area contributed by atoms with Gasteiger partial charge in [0.05, 0.1) is 5.69 Å². The molecule has 0 spiro atoms. The summed E-state index contributed by atoms with van der Waals surface area (Å²) in [5.74, 6) is 1.30. The molecule has 20 heavy (non-hydrogen) atoms. The predicted octanol–water partition coefficient (Wildman–Crippen LogP) is 3.38. The van der Waals surface area contributed by atoms with Crippen LogP contribution in [-0.2, 0) is 19.5 Å². The van der Waals surface area contributed by atoms with Gasteiger partial charge in [-0.3, -0.25) is 0 Å². The monoisotopic (exact) mass is 289 g/mol. The Kier molecular flexibility index (Phi) is 4.73. The maximum atomic E-state index is 12.2. The average molecular weight is 289 g/mol. The van der Waals surface area contributed by atoms with E-state index in [9.17, 15) is 13.2 Å². The van der Waals surface area contributed by atoms with Crippen molar-refractivity contribution in [2.45, 2.75) is 64.7 Å². The van der Waals surface area contributed by atoms with Gasteiger partial charge in [0.25, 0.3) is 0 Å². The summed E-state index contributed by atoms with van der Waals surface area (Å²) in [6.07, 6.45) is -3.09. The van der Waals surface area contributed by atoms with Gasteiger partial charge in [-0.1, -0.05) is 13.8 Å². The van der Waals surface area contributed by atoms with Crippen LogP contribution >= 0.6 is 0 Å². The second kappa shape index (κ2) is 6.16. The first-order valence-corrected chi connectivity index (χ1v) is 7.24. The average Bonchev–Trinajstić information content (AvgIpc) is 2.72. The lowest BCUT2D eigenvalue weighted by Gasteiger charge is -2.17. The van der Waals surface area contributed by atoms with Gasteiger partial charge in [-0.25, -0.2) is 4.98 Å². The molecule has 2 heterocycles. The third kappa shape index (κ3) is 3.75. The SMILES string of the molecule is CC(C)c1nc2c(n1CCCCC(F)(F)F)CCNC2. The molecular formula is C14H22F3N3. The lowest BCUT2D eigenvalue weighted by Crippen LogP contribution is -2.25. The molecule has 1 aromatic rings. The van der Waals surface area contributed by atoms with Gasteiger partial charge in [0, 0.05) is 44.1 Å². The van der Waals surface area contributed by atoms with Crippen LogP contribution in [0.15, 0.2) is 0 Å². The predicted molar refractivity (Wildman–Crippen MR) is 71.6 cm³/mol. The van der Waals surface area contributed by atoms with E-state index in [1.165, 1.54) is 5.69 Å². The van der Waals surface area contributed by atoms with E-state index in [2.05, 4.69) is 28.7 Å². The van der Waals surface area contributed by atoms with E-state index < -0.39 is 12.6 Å². The van der Waals surface area contributed by atoms with E-state index in [0.29, 0.717) is 18.9 Å². The van der Waals surface area contributed by atoms with Gasteiger partial charge in [0.1, 0.15) is 5.82 Å². The number of alkyl halides is 3. The summed E-state index contributed by atoms with van der Waals surface area (Å²) in [6, 6.07) is 0. The van der Waals surface area contributed by atoms with Crippen LogP contribution in [0, 0.1) is 0 Å². The summed E-state index contributed by atoms with van der Waals surface area (Å²) in [5, 5.41) is 3.28. The molecule has 114 valence electrons. The fraction of sp³-hybridized carbons (Fsp3) is 0.786. The molecule has 1 N–H and O–H groups in total. The van der Waals surface area contributed by atoms with Crippen molar-refractivity contribution in [1.29, 1.82) is 0 Å². The number of halogens is 3. The molecule has 0 saturated carbocycles. The van der Waals surface area contributed by atoms with Crippen LogP contribution in [0.3, 0.4) is 0 Å². The highest BCUT2D eigenvalue weighted by Gasteiger charge is 2.26. The fourth-order valence-electron chi connectivity index (χ4n) is 2.68. The summed E-state index contributed by atoms with van der Waals surface area (Å²) in [4.78, 5) is 4.66.